The lowest BCUT2D eigenvalue weighted by Gasteiger charge is -2.21. The maximum absolute atomic E-state index is 11.8. The molecule has 2 aromatic heterocycles. The second-order valence-corrected chi connectivity index (χ2v) is 5.64. The molecule has 0 radical (unpaired) electrons. The van der Waals surface area contributed by atoms with Gasteiger partial charge in [-0.15, -0.1) is 0 Å². The molecule has 0 aromatic carbocycles. The van der Waals surface area contributed by atoms with Crippen LogP contribution in [0.1, 0.15) is 24.0 Å². The molecule has 0 saturated heterocycles. The van der Waals surface area contributed by atoms with Gasteiger partial charge in [0.2, 0.25) is 4.96 Å². The average molecular weight is 296 g/mol. The first-order valence-corrected chi connectivity index (χ1v) is 7.03. The van der Waals surface area contributed by atoms with Crippen molar-refractivity contribution >= 4 is 22.3 Å². The lowest BCUT2D eigenvalue weighted by Crippen LogP contribution is -2.37. The molecule has 7 nitrogen and oxygen atoms in total. The summed E-state index contributed by atoms with van der Waals surface area (Å²) >= 11 is 1.30. The van der Waals surface area contributed by atoms with Gasteiger partial charge in [0.25, 0.3) is 5.56 Å². The van der Waals surface area contributed by atoms with Gasteiger partial charge in [-0.25, -0.2) is 4.98 Å². The van der Waals surface area contributed by atoms with Crippen LogP contribution in [0.3, 0.4) is 0 Å². The van der Waals surface area contributed by atoms with Gasteiger partial charge < -0.3 is 5.11 Å². The van der Waals surface area contributed by atoms with E-state index in [4.69, 9.17) is 5.11 Å². The maximum Gasteiger partial charge on any atom is 0.320 e. The van der Waals surface area contributed by atoms with E-state index in [9.17, 15) is 9.59 Å². The lowest BCUT2D eigenvalue weighted by atomic mass is 10.2. The van der Waals surface area contributed by atoms with Gasteiger partial charge in [0.05, 0.1) is 6.54 Å². The number of hydrogen-bond donors (Lipinski definition) is 1. The van der Waals surface area contributed by atoms with E-state index in [0.29, 0.717) is 28.6 Å². The fourth-order valence-corrected chi connectivity index (χ4v) is 3.03. The van der Waals surface area contributed by atoms with Crippen LogP contribution in [-0.2, 0) is 11.3 Å². The summed E-state index contributed by atoms with van der Waals surface area (Å²) in [4.78, 5) is 29.3. The number of aryl methyl sites for hydroxylation is 1. The van der Waals surface area contributed by atoms with Crippen molar-refractivity contribution in [1.29, 1.82) is 0 Å². The van der Waals surface area contributed by atoms with Crippen molar-refractivity contribution in [3.63, 3.8) is 0 Å². The Bertz CT molecular complexity index is 694. The molecule has 1 atom stereocenters. The Hall–Kier alpha value is -1.80. The number of carboxylic acid groups (broad SMARTS) is 1. The van der Waals surface area contributed by atoms with Crippen molar-refractivity contribution in [2.24, 2.45) is 0 Å². The minimum absolute atomic E-state index is 0.220. The highest BCUT2D eigenvalue weighted by molar-refractivity contribution is 7.16. The number of carboxylic acids is 1. The molecule has 0 fully saturated rings. The number of fused-ring (bicyclic) bond motifs is 1. The van der Waals surface area contributed by atoms with Gasteiger partial charge in [0.15, 0.2) is 0 Å². The summed E-state index contributed by atoms with van der Waals surface area (Å²) in [5, 5.41) is 14.0. The molecule has 0 aliphatic heterocycles. The summed E-state index contributed by atoms with van der Waals surface area (Å²) < 4.78 is 1.25. The second kappa shape index (κ2) is 5.68. The zero-order valence-corrected chi connectivity index (χ0v) is 12.3. The number of aliphatic carboxylic acids is 1. The van der Waals surface area contributed by atoms with Crippen LogP contribution >= 0.6 is 11.3 Å². The summed E-state index contributed by atoms with van der Waals surface area (Å²) in [6.45, 7) is 3.95. The van der Waals surface area contributed by atoms with Crippen molar-refractivity contribution in [2.75, 3.05) is 7.05 Å². The number of likely N-dealkylation sites (N-methyl/N-ethyl adjacent to an activating group) is 1. The Balaban J connectivity index is 2.28. The molecule has 0 saturated carbocycles. The Morgan fingerprint density at radius 2 is 2.30 bits per heavy atom. The van der Waals surface area contributed by atoms with Gasteiger partial charge in [-0.05, 0) is 20.4 Å². The number of aromatic nitrogens is 3. The highest BCUT2D eigenvalue weighted by Gasteiger charge is 2.21. The van der Waals surface area contributed by atoms with Gasteiger partial charge in [0, 0.05) is 11.8 Å². The van der Waals surface area contributed by atoms with E-state index in [-0.39, 0.29) is 5.56 Å². The Morgan fingerprint density at radius 1 is 1.60 bits per heavy atom. The Kier molecular flexibility index (Phi) is 4.15. The zero-order valence-electron chi connectivity index (χ0n) is 11.5. The quantitative estimate of drug-likeness (QED) is 0.876. The summed E-state index contributed by atoms with van der Waals surface area (Å²) in [5.74, 6) is -0.859. The highest BCUT2D eigenvalue weighted by Crippen LogP contribution is 2.15. The molecule has 0 aliphatic rings. The molecule has 0 bridgehead atoms. The van der Waals surface area contributed by atoms with E-state index in [1.165, 1.54) is 21.9 Å². The third-order valence-electron chi connectivity index (χ3n) is 3.00. The van der Waals surface area contributed by atoms with Crippen LogP contribution in [0, 0.1) is 6.92 Å². The second-order valence-electron chi connectivity index (χ2n) is 4.60. The molecular formula is C12H16N4O3S. The summed E-state index contributed by atoms with van der Waals surface area (Å²) in [5.41, 5.74) is 0.429. The molecule has 1 N–H and O–H groups in total. The molecule has 0 amide bonds. The van der Waals surface area contributed by atoms with Gasteiger partial charge in [-0.2, -0.15) is 9.61 Å². The Morgan fingerprint density at radius 3 is 2.90 bits per heavy atom. The molecule has 2 rings (SSSR count). The van der Waals surface area contributed by atoms with Crippen LogP contribution in [0.2, 0.25) is 0 Å². The average Bonchev–Trinajstić information content (AvgIpc) is 2.71. The van der Waals surface area contributed by atoms with Crippen LogP contribution in [0.5, 0.6) is 0 Å². The summed E-state index contributed by atoms with van der Waals surface area (Å²) in [7, 11) is 1.73. The number of nitrogens with zero attached hydrogens (tertiary/aromatic N) is 4. The normalized spacial score (nSPS) is 13.0. The first kappa shape index (κ1) is 14.6. The zero-order chi connectivity index (χ0) is 14.9. The Labute approximate surface area is 119 Å². The van der Waals surface area contributed by atoms with E-state index in [1.807, 2.05) is 6.92 Å². The molecule has 8 heteroatoms. The maximum atomic E-state index is 11.8. The molecule has 2 aromatic rings. The largest absolute Gasteiger partial charge is 0.480 e. The lowest BCUT2D eigenvalue weighted by molar-refractivity contribution is -0.143. The van der Waals surface area contributed by atoms with E-state index >= 15 is 0 Å². The van der Waals surface area contributed by atoms with Crippen molar-refractivity contribution in [3.8, 4) is 0 Å². The molecular weight excluding hydrogens is 280 g/mol. The molecule has 0 aliphatic carbocycles. The van der Waals surface area contributed by atoms with Gasteiger partial charge in [-0.3, -0.25) is 14.5 Å². The van der Waals surface area contributed by atoms with Crippen LogP contribution in [-0.4, -0.2) is 43.7 Å². The predicted molar refractivity (Wildman–Crippen MR) is 75.1 cm³/mol. The van der Waals surface area contributed by atoms with Crippen LogP contribution < -0.4 is 5.56 Å². The first-order chi connectivity index (χ1) is 9.42. The van der Waals surface area contributed by atoms with Crippen molar-refractivity contribution in [2.45, 2.75) is 32.9 Å². The minimum atomic E-state index is -0.859. The van der Waals surface area contributed by atoms with Gasteiger partial charge >= 0.3 is 5.97 Å². The molecule has 0 spiro atoms. The fraction of sp³-hybridized carbons (Fsp3) is 0.500. The number of rotatable bonds is 5. The van der Waals surface area contributed by atoms with Gasteiger partial charge in [-0.1, -0.05) is 18.3 Å². The molecule has 20 heavy (non-hydrogen) atoms. The van der Waals surface area contributed by atoms with E-state index < -0.39 is 12.0 Å². The van der Waals surface area contributed by atoms with Crippen LogP contribution in [0.25, 0.3) is 4.96 Å². The monoisotopic (exact) mass is 296 g/mol. The van der Waals surface area contributed by atoms with Crippen LogP contribution in [0.15, 0.2) is 10.9 Å². The van der Waals surface area contributed by atoms with Gasteiger partial charge in [0.1, 0.15) is 11.0 Å². The third kappa shape index (κ3) is 2.86. The molecule has 2 heterocycles. The van der Waals surface area contributed by atoms with E-state index in [2.05, 4.69) is 10.1 Å². The smallest absolute Gasteiger partial charge is 0.320 e. The first-order valence-electron chi connectivity index (χ1n) is 6.21. The summed E-state index contributed by atoms with van der Waals surface area (Å²) in [6, 6.07) is 0.861. The van der Waals surface area contributed by atoms with Crippen LogP contribution in [0.4, 0.5) is 0 Å². The fourth-order valence-electron chi connectivity index (χ4n) is 2.02. The highest BCUT2D eigenvalue weighted by atomic mass is 32.1. The van der Waals surface area contributed by atoms with Crippen molar-refractivity contribution < 1.29 is 9.90 Å². The molecule has 1 unspecified atom stereocenters. The van der Waals surface area contributed by atoms with Crippen molar-refractivity contribution in [3.05, 3.63) is 27.1 Å². The summed E-state index contributed by atoms with van der Waals surface area (Å²) in [6.07, 6.45) is 0.508. The topological polar surface area (TPSA) is 87.8 Å². The van der Waals surface area contributed by atoms with E-state index in [0.717, 1.165) is 0 Å². The third-order valence-corrected chi connectivity index (χ3v) is 3.90. The number of hydrogen-bond acceptors (Lipinski definition) is 6. The minimum Gasteiger partial charge on any atom is -0.480 e. The standard InChI is InChI=1S/C12H16N4O3S/c1-4-8(11(18)19)15(3)6-9-14-16-10(17)5-7(2)13-12(16)20-9/h5,8H,4,6H2,1-3H3,(H,18,19). The SMILES string of the molecule is CCC(C(=O)O)N(C)Cc1nn2c(=O)cc(C)nc2s1. The molecule has 108 valence electrons. The number of carbonyl (C=O) groups is 1. The van der Waals surface area contributed by atoms with E-state index in [1.54, 1.807) is 18.9 Å². The predicted octanol–water partition coefficient (Wildman–Crippen LogP) is 0.754. The van der Waals surface area contributed by atoms with Crippen molar-refractivity contribution in [1.82, 2.24) is 19.5 Å².